The van der Waals surface area contributed by atoms with Crippen LogP contribution in [0.3, 0.4) is 0 Å². The van der Waals surface area contributed by atoms with Crippen LogP contribution in [0.25, 0.3) is 0 Å². The van der Waals surface area contributed by atoms with E-state index in [-0.39, 0.29) is 17.8 Å². The number of benzene rings is 1. The van der Waals surface area contributed by atoms with Crippen LogP contribution in [0.15, 0.2) is 35.1 Å². The third-order valence-corrected chi connectivity index (χ3v) is 5.06. The van der Waals surface area contributed by atoms with E-state index in [1.807, 2.05) is 4.57 Å². The first-order valence-electron chi connectivity index (χ1n) is 9.47. The molecule has 1 saturated heterocycles. The zero-order valence-electron chi connectivity index (χ0n) is 16.0. The van der Waals surface area contributed by atoms with Gasteiger partial charge in [0, 0.05) is 50.1 Å². The van der Waals surface area contributed by atoms with Crippen molar-refractivity contribution in [2.75, 3.05) is 32.8 Å². The summed E-state index contributed by atoms with van der Waals surface area (Å²) in [6.07, 6.45) is 1.01. The Morgan fingerprint density at radius 1 is 1.21 bits per heavy atom. The minimum atomic E-state index is -1.25. The summed E-state index contributed by atoms with van der Waals surface area (Å²) in [4.78, 5) is 26.4. The van der Waals surface area contributed by atoms with E-state index in [0.29, 0.717) is 23.5 Å². The highest BCUT2D eigenvalue weighted by Crippen LogP contribution is 2.17. The largest absolute Gasteiger partial charge is 0.477 e. The highest BCUT2D eigenvalue weighted by Gasteiger charge is 2.20. The number of halogens is 1. The molecular formula is C21H25FN2O4. The summed E-state index contributed by atoms with van der Waals surface area (Å²) in [5.74, 6) is -1.64. The molecule has 2 heterocycles. The zero-order chi connectivity index (χ0) is 20.1. The van der Waals surface area contributed by atoms with E-state index in [4.69, 9.17) is 4.74 Å². The standard InChI is InChI=1S/C21H25FN2O4/c1-15-12-19(25)20(21(26)27)18(14-16-4-2-5-17(22)13-16)24(15)7-3-6-23-8-10-28-11-9-23/h2,4-5,12-13H,3,6-11,14H2,1H3,(H,26,27). The molecule has 1 aromatic carbocycles. The van der Waals surface area contributed by atoms with Crippen LogP contribution >= 0.6 is 0 Å². The van der Waals surface area contributed by atoms with Crippen LogP contribution < -0.4 is 5.43 Å². The Morgan fingerprint density at radius 2 is 1.96 bits per heavy atom. The van der Waals surface area contributed by atoms with E-state index in [1.165, 1.54) is 18.2 Å². The Hall–Kier alpha value is -2.51. The summed E-state index contributed by atoms with van der Waals surface area (Å²) < 4.78 is 20.8. The van der Waals surface area contributed by atoms with Gasteiger partial charge in [0.25, 0.3) is 0 Å². The normalized spacial score (nSPS) is 14.9. The van der Waals surface area contributed by atoms with Gasteiger partial charge in [-0.05, 0) is 31.0 Å². The van der Waals surface area contributed by atoms with E-state index in [2.05, 4.69) is 4.90 Å². The second kappa shape index (κ2) is 9.12. The van der Waals surface area contributed by atoms with Crippen LogP contribution in [0.2, 0.25) is 0 Å². The smallest absolute Gasteiger partial charge is 0.341 e. The predicted octanol–water partition coefficient (Wildman–Crippen LogP) is 2.31. The quantitative estimate of drug-likeness (QED) is 0.788. The number of ether oxygens (including phenoxy) is 1. The van der Waals surface area contributed by atoms with Crippen LogP contribution in [-0.2, 0) is 17.7 Å². The van der Waals surface area contributed by atoms with Crippen LogP contribution in [-0.4, -0.2) is 53.4 Å². The van der Waals surface area contributed by atoms with Gasteiger partial charge in [-0.2, -0.15) is 0 Å². The Balaban J connectivity index is 1.89. The molecule has 2 aromatic rings. The monoisotopic (exact) mass is 388 g/mol. The molecule has 0 spiro atoms. The van der Waals surface area contributed by atoms with Crippen molar-refractivity contribution < 1.29 is 19.0 Å². The van der Waals surface area contributed by atoms with Crippen molar-refractivity contribution in [3.8, 4) is 0 Å². The van der Waals surface area contributed by atoms with Gasteiger partial charge < -0.3 is 14.4 Å². The fraction of sp³-hybridized carbons (Fsp3) is 0.429. The van der Waals surface area contributed by atoms with Gasteiger partial charge in [-0.3, -0.25) is 9.69 Å². The Morgan fingerprint density at radius 3 is 2.64 bits per heavy atom. The molecule has 0 bridgehead atoms. The number of hydrogen-bond donors (Lipinski definition) is 1. The lowest BCUT2D eigenvalue weighted by molar-refractivity contribution is 0.0368. The second-order valence-corrected chi connectivity index (χ2v) is 7.04. The van der Waals surface area contributed by atoms with Gasteiger partial charge in [-0.25, -0.2) is 9.18 Å². The van der Waals surface area contributed by atoms with Crippen molar-refractivity contribution in [3.63, 3.8) is 0 Å². The molecule has 6 nitrogen and oxygen atoms in total. The van der Waals surface area contributed by atoms with Gasteiger partial charge in [0.05, 0.1) is 13.2 Å². The van der Waals surface area contributed by atoms with Crippen molar-refractivity contribution >= 4 is 5.97 Å². The summed E-state index contributed by atoms with van der Waals surface area (Å²) in [5, 5.41) is 9.61. The molecule has 1 fully saturated rings. The number of carbonyl (C=O) groups is 1. The van der Waals surface area contributed by atoms with Gasteiger partial charge >= 0.3 is 5.97 Å². The van der Waals surface area contributed by atoms with Crippen LogP contribution in [0, 0.1) is 12.7 Å². The summed E-state index contributed by atoms with van der Waals surface area (Å²) >= 11 is 0. The first kappa shape index (κ1) is 20.2. The minimum absolute atomic E-state index is 0.188. The fourth-order valence-corrected chi connectivity index (χ4v) is 3.67. The molecule has 0 radical (unpaired) electrons. The summed E-state index contributed by atoms with van der Waals surface area (Å²) in [7, 11) is 0. The molecular weight excluding hydrogens is 363 g/mol. The lowest BCUT2D eigenvalue weighted by Crippen LogP contribution is -2.37. The number of nitrogens with zero attached hydrogens (tertiary/aromatic N) is 2. The van der Waals surface area contributed by atoms with Crippen LogP contribution in [0.5, 0.6) is 0 Å². The van der Waals surface area contributed by atoms with Crippen LogP contribution in [0.4, 0.5) is 4.39 Å². The van der Waals surface area contributed by atoms with Gasteiger partial charge in [0.15, 0.2) is 5.43 Å². The number of morpholine rings is 1. The first-order chi connectivity index (χ1) is 13.5. The third kappa shape index (κ3) is 4.85. The maximum Gasteiger partial charge on any atom is 0.341 e. The SMILES string of the molecule is Cc1cc(=O)c(C(=O)O)c(Cc2cccc(F)c2)n1CCCN1CCOCC1. The number of rotatable bonds is 7. The number of pyridine rings is 1. The second-order valence-electron chi connectivity index (χ2n) is 7.04. The molecule has 1 N–H and O–H groups in total. The number of aryl methyl sites for hydroxylation is 1. The van der Waals surface area contributed by atoms with Gasteiger partial charge in [-0.15, -0.1) is 0 Å². The third-order valence-electron chi connectivity index (χ3n) is 5.06. The molecule has 0 amide bonds. The van der Waals surface area contributed by atoms with Crippen molar-refractivity contribution in [1.29, 1.82) is 0 Å². The highest BCUT2D eigenvalue weighted by atomic mass is 19.1. The van der Waals surface area contributed by atoms with E-state index < -0.39 is 11.4 Å². The molecule has 1 aliphatic rings. The van der Waals surface area contributed by atoms with Crippen molar-refractivity contribution in [2.24, 2.45) is 0 Å². The molecule has 0 aliphatic carbocycles. The predicted molar refractivity (Wildman–Crippen MR) is 103 cm³/mol. The van der Waals surface area contributed by atoms with E-state index in [0.717, 1.165) is 39.3 Å². The molecule has 150 valence electrons. The number of aromatic nitrogens is 1. The molecule has 0 atom stereocenters. The molecule has 3 rings (SSSR count). The van der Waals surface area contributed by atoms with Gasteiger partial charge in [0.2, 0.25) is 0 Å². The Kier molecular flexibility index (Phi) is 6.59. The molecule has 28 heavy (non-hydrogen) atoms. The van der Waals surface area contributed by atoms with Gasteiger partial charge in [-0.1, -0.05) is 12.1 Å². The molecule has 7 heteroatoms. The Bertz CT molecular complexity index is 904. The molecule has 1 aromatic heterocycles. The average molecular weight is 388 g/mol. The van der Waals surface area contributed by atoms with Crippen molar-refractivity contribution in [3.05, 3.63) is 68.9 Å². The summed E-state index contributed by atoms with van der Waals surface area (Å²) in [6.45, 7) is 6.50. The topological polar surface area (TPSA) is 71.8 Å². The first-order valence-corrected chi connectivity index (χ1v) is 9.47. The maximum absolute atomic E-state index is 13.6. The van der Waals surface area contributed by atoms with E-state index >= 15 is 0 Å². The molecule has 1 aliphatic heterocycles. The number of carboxylic acids is 1. The lowest BCUT2D eigenvalue weighted by Gasteiger charge is -2.27. The van der Waals surface area contributed by atoms with E-state index in [1.54, 1.807) is 19.1 Å². The molecule has 0 unspecified atom stereocenters. The number of carboxylic acid groups (broad SMARTS) is 1. The molecule has 0 saturated carbocycles. The Labute approximate surface area is 163 Å². The van der Waals surface area contributed by atoms with Crippen LogP contribution in [0.1, 0.15) is 33.7 Å². The maximum atomic E-state index is 13.6. The average Bonchev–Trinajstić information content (AvgIpc) is 2.64. The minimum Gasteiger partial charge on any atom is -0.477 e. The lowest BCUT2D eigenvalue weighted by atomic mass is 10.0. The highest BCUT2D eigenvalue weighted by molar-refractivity contribution is 5.89. The van der Waals surface area contributed by atoms with Crippen molar-refractivity contribution in [2.45, 2.75) is 26.3 Å². The fourth-order valence-electron chi connectivity index (χ4n) is 3.67. The van der Waals surface area contributed by atoms with E-state index in [9.17, 15) is 19.1 Å². The summed E-state index contributed by atoms with van der Waals surface area (Å²) in [5.41, 5.74) is 1.02. The number of aromatic carboxylic acids is 1. The zero-order valence-corrected chi connectivity index (χ0v) is 16.0. The number of hydrogen-bond acceptors (Lipinski definition) is 4. The van der Waals surface area contributed by atoms with Gasteiger partial charge in [0.1, 0.15) is 11.4 Å². The summed E-state index contributed by atoms with van der Waals surface area (Å²) in [6, 6.07) is 7.40. The van der Waals surface area contributed by atoms with Crippen molar-refractivity contribution in [1.82, 2.24) is 9.47 Å².